The van der Waals surface area contributed by atoms with Crippen molar-refractivity contribution in [2.45, 2.75) is 109 Å². The molecule has 4 aliphatic carbocycles. The third-order valence-corrected chi connectivity index (χ3v) is 17.1. The molecule has 8 aromatic rings. The van der Waals surface area contributed by atoms with Gasteiger partial charge in [0.1, 0.15) is 12.5 Å². The molecule has 67 heavy (non-hydrogen) atoms. The largest absolute Gasteiger partial charge is 0.321 e. The Hall–Kier alpha value is -6.13. The van der Waals surface area contributed by atoms with Crippen molar-refractivity contribution in [3.63, 3.8) is 0 Å². The zero-order valence-corrected chi connectivity index (χ0v) is 40.9. The summed E-state index contributed by atoms with van der Waals surface area (Å²) in [6.07, 6.45) is 8.95. The van der Waals surface area contributed by atoms with E-state index < -0.39 is 0 Å². The Bertz CT molecular complexity index is 3160. The zero-order chi connectivity index (χ0) is 46.0. The van der Waals surface area contributed by atoms with Gasteiger partial charge in [0.25, 0.3) is 0 Å². The second-order valence-electron chi connectivity index (χ2n) is 23.4. The molecule has 4 saturated carbocycles. The van der Waals surface area contributed by atoms with Gasteiger partial charge in [-0.1, -0.05) is 152 Å². The average molecular weight is 879 g/mol. The Morgan fingerprint density at radius 3 is 1.79 bits per heavy atom. The summed E-state index contributed by atoms with van der Waals surface area (Å²) < 4.78 is 2.48. The van der Waals surface area contributed by atoms with E-state index in [0.29, 0.717) is 11.8 Å². The van der Waals surface area contributed by atoms with E-state index in [-0.39, 0.29) is 21.7 Å². The first-order valence-corrected chi connectivity index (χ1v) is 25.2. The predicted octanol–water partition coefficient (Wildman–Crippen LogP) is 16.1. The third-order valence-electron chi connectivity index (χ3n) is 17.1. The molecule has 4 fully saturated rings. The van der Waals surface area contributed by atoms with Gasteiger partial charge in [0.15, 0.2) is 0 Å². The maximum atomic E-state index is 5.28. The minimum atomic E-state index is -0.323. The molecule has 2 aromatic heterocycles. The summed E-state index contributed by atoms with van der Waals surface area (Å²) in [5.74, 6) is 4.12. The van der Waals surface area contributed by atoms with Crippen molar-refractivity contribution in [2.75, 3.05) is 16.5 Å². The monoisotopic (exact) mass is 879 g/mol. The van der Waals surface area contributed by atoms with Crippen LogP contribution in [-0.4, -0.2) is 16.2 Å². The van der Waals surface area contributed by atoms with Gasteiger partial charge in [0, 0.05) is 39.2 Å². The molecule has 0 amide bonds. The van der Waals surface area contributed by atoms with Crippen molar-refractivity contribution < 1.29 is 0 Å². The maximum Gasteiger partial charge on any atom is 0.137 e. The number of anilines is 4. The highest BCUT2D eigenvalue weighted by Gasteiger charge is 2.58. The number of para-hydroxylation sites is 4. The summed E-state index contributed by atoms with van der Waals surface area (Å²) in [5.41, 5.74) is 15.3. The summed E-state index contributed by atoms with van der Waals surface area (Å²) in [6.45, 7) is 19.6. The van der Waals surface area contributed by atoms with Crippen LogP contribution in [0.2, 0.25) is 0 Å². The van der Waals surface area contributed by atoms with Gasteiger partial charge in [-0.2, -0.15) is 0 Å². The summed E-state index contributed by atoms with van der Waals surface area (Å²) in [5, 5.41) is 2.53. The normalized spacial score (nSPS) is 22.6. The lowest BCUT2D eigenvalue weighted by Crippen LogP contribution is -2.56. The third kappa shape index (κ3) is 6.63. The van der Waals surface area contributed by atoms with E-state index in [2.05, 4.69) is 228 Å². The van der Waals surface area contributed by atoms with Gasteiger partial charge in [-0.25, -0.2) is 4.98 Å². The van der Waals surface area contributed by atoms with Gasteiger partial charge < -0.3 is 9.80 Å². The molecule has 0 saturated heterocycles. The number of aromatic nitrogens is 2. The lowest BCUT2D eigenvalue weighted by Gasteiger charge is -2.62. The van der Waals surface area contributed by atoms with Crippen LogP contribution in [0.4, 0.5) is 22.7 Å². The molecule has 6 aromatic carbocycles. The molecule has 3 heterocycles. The fourth-order valence-corrected chi connectivity index (χ4v) is 13.9. The van der Waals surface area contributed by atoms with Crippen LogP contribution in [0.25, 0.3) is 27.6 Å². The molecule has 1 aliphatic heterocycles. The number of nitrogens with zero attached hydrogens (tertiary/aromatic N) is 4. The molecule has 0 spiro atoms. The van der Waals surface area contributed by atoms with Crippen LogP contribution < -0.4 is 9.80 Å². The molecule has 13 rings (SSSR count). The van der Waals surface area contributed by atoms with Crippen LogP contribution in [0.5, 0.6) is 0 Å². The Labute approximate surface area is 398 Å². The quantitative estimate of drug-likeness (QED) is 0.159. The molecule has 338 valence electrons. The van der Waals surface area contributed by atoms with Crippen molar-refractivity contribution in [3.8, 4) is 5.82 Å². The number of benzene rings is 6. The molecule has 0 N–H and O–H groups in total. The highest BCUT2D eigenvalue weighted by Crippen LogP contribution is 2.65. The number of rotatable bonds is 7. The standard InChI is InChI=1S/C63H66N4/c1-60(2,3)46-35-47(37-50(36-46)65-40-66(57-25-17-16-24-56(57)65)55-23-15-13-21-53(55)61(4,5)6)62(7,8)44-26-27-52-51-20-12-14-22-54(51)67(58(52)38-44)59-39-45(28-29-64-59)63(43-18-10-9-11-19-43)48-31-41-30-42(33-48)34-49(63)32-41/h9-29,35-39,41-42,48-49H,30-34,40H2,1-8H3. The van der Waals surface area contributed by atoms with Crippen molar-refractivity contribution in [2.24, 2.45) is 23.7 Å². The number of hydrogen-bond acceptors (Lipinski definition) is 3. The van der Waals surface area contributed by atoms with Crippen LogP contribution in [0.1, 0.15) is 121 Å². The molecule has 4 nitrogen and oxygen atoms in total. The Kier molecular flexibility index (Phi) is 9.58. The Morgan fingerprint density at radius 1 is 0.478 bits per heavy atom. The van der Waals surface area contributed by atoms with Crippen molar-refractivity contribution in [1.82, 2.24) is 9.55 Å². The minimum absolute atomic E-state index is 0.00697. The first-order valence-electron chi connectivity index (χ1n) is 25.2. The van der Waals surface area contributed by atoms with Crippen LogP contribution in [0.15, 0.2) is 158 Å². The SMILES string of the molecule is CC(C)(C)c1cc(N2CN(c3ccccc3C(C)(C)C)c3ccccc32)cc(C(C)(C)c2ccc3c4ccccc4n(-c4cc(C5(c6ccccc6)C6CC7CC(C6)CC5C7)ccn4)c3c2)c1. The van der Waals surface area contributed by atoms with Gasteiger partial charge in [-0.3, -0.25) is 4.57 Å². The van der Waals surface area contributed by atoms with E-state index >= 15 is 0 Å². The Morgan fingerprint density at radius 2 is 1.09 bits per heavy atom. The van der Waals surface area contributed by atoms with Gasteiger partial charge in [-0.05, 0) is 155 Å². The van der Waals surface area contributed by atoms with E-state index in [1.165, 1.54) is 110 Å². The average Bonchev–Trinajstić information content (AvgIpc) is 3.87. The van der Waals surface area contributed by atoms with Crippen LogP contribution >= 0.6 is 0 Å². The van der Waals surface area contributed by atoms with E-state index in [9.17, 15) is 0 Å². The smallest absolute Gasteiger partial charge is 0.137 e. The maximum absolute atomic E-state index is 5.28. The van der Waals surface area contributed by atoms with Crippen molar-refractivity contribution in [3.05, 3.63) is 191 Å². The summed E-state index contributed by atoms with van der Waals surface area (Å²) >= 11 is 0. The fraction of sp³-hybridized carbons (Fsp3) is 0.349. The minimum Gasteiger partial charge on any atom is -0.321 e. The van der Waals surface area contributed by atoms with Gasteiger partial charge in [-0.15, -0.1) is 0 Å². The van der Waals surface area contributed by atoms with Crippen molar-refractivity contribution in [1.29, 1.82) is 0 Å². The van der Waals surface area contributed by atoms with Crippen LogP contribution in [0.3, 0.4) is 0 Å². The molecule has 5 aliphatic rings. The molecule has 4 heteroatoms. The van der Waals surface area contributed by atoms with Gasteiger partial charge >= 0.3 is 0 Å². The zero-order valence-electron chi connectivity index (χ0n) is 40.9. The first kappa shape index (κ1) is 42.2. The highest BCUT2D eigenvalue weighted by atomic mass is 15.4. The van der Waals surface area contributed by atoms with Crippen LogP contribution in [-0.2, 0) is 21.7 Å². The molecule has 0 unspecified atom stereocenters. The summed E-state index contributed by atoms with van der Waals surface area (Å²) in [4.78, 5) is 10.3. The second-order valence-corrected chi connectivity index (χ2v) is 23.4. The molecule has 0 radical (unpaired) electrons. The first-order chi connectivity index (χ1) is 32.2. The highest BCUT2D eigenvalue weighted by molar-refractivity contribution is 6.09. The number of fused-ring (bicyclic) bond motifs is 4. The number of hydrogen-bond donors (Lipinski definition) is 0. The van der Waals surface area contributed by atoms with E-state index in [1.807, 2.05) is 0 Å². The lowest BCUT2D eigenvalue weighted by molar-refractivity contribution is -0.0418. The number of pyridine rings is 1. The second kappa shape index (κ2) is 15.2. The van der Waals surface area contributed by atoms with Gasteiger partial charge in [0.2, 0.25) is 0 Å². The van der Waals surface area contributed by atoms with E-state index in [4.69, 9.17) is 4.98 Å². The summed E-state index contributed by atoms with van der Waals surface area (Å²) in [6, 6.07) is 58.0. The Balaban J connectivity index is 0.986. The van der Waals surface area contributed by atoms with E-state index in [0.717, 1.165) is 24.3 Å². The predicted molar refractivity (Wildman–Crippen MR) is 281 cm³/mol. The molecule has 0 atom stereocenters. The topological polar surface area (TPSA) is 24.3 Å². The fourth-order valence-electron chi connectivity index (χ4n) is 13.9. The summed E-state index contributed by atoms with van der Waals surface area (Å²) in [7, 11) is 0. The van der Waals surface area contributed by atoms with Gasteiger partial charge in [0.05, 0.1) is 22.4 Å². The van der Waals surface area contributed by atoms with Crippen molar-refractivity contribution >= 4 is 44.6 Å². The van der Waals surface area contributed by atoms with Crippen LogP contribution in [0, 0.1) is 23.7 Å². The van der Waals surface area contributed by atoms with E-state index in [1.54, 1.807) is 0 Å². The molecule has 4 bridgehead atoms. The molecular weight excluding hydrogens is 813 g/mol. The molecular formula is C63H66N4. The lowest BCUT2D eigenvalue weighted by atomic mass is 9.42.